The van der Waals surface area contributed by atoms with Crippen LogP contribution in [-0.4, -0.2) is 13.1 Å². The van der Waals surface area contributed by atoms with Crippen LogP contribution in [0, 0.1) is 0 Å². The third kappa shape index (κ3) is 3.40. The molecular weight excluding hydrogens is 309 g/mol. The number of hydrogen-bond donors (Lipinski definition) is 0. The average molecular weight is 336 g/mol. The van der Waals surface area contributed by atoms with Gasteiger partial charge in [0.25, 0.3) is 0 Å². The maximum atomic E-state index is 2.55. The van der Waals surface area contributed by atoms with Gasteiger partial charge >= 0.3 is 126 Å². The van der Waals surface area contributed by atoms with Crippen LogP contribution in [0.15, 0.2) is 24.3 Å². The molecule has 1 nitrogen and oxygen atoms in total. The number of fused-ring (bicyclic) bond motifs is 1. The van der Waals surface area contributed by atoms with E-state index in [-0.39, 0.29) is 0 Å². The maximum absolute atomic E-state index is 2.55. The third-order valence-corrected chi connectivity index (χ3v) is 8.14. The van der Waals surface area contributed by atoms with E-state index < -0.39 is 21.8 Å². The Bertz CT molecular complexity index is 445. The number of anilines is 1. The predicted molar refractivity (Wildman–Crippen MR) is 82.7 cm³/mol. The summed E-state index contributed by atoms with van der Waals surface area (Å²) in [5, 5.41) is 0. The fourth-order valence-corrected chi connectivity index (χ4v) is 6.22. The van der Waals surface area contributed by atoms with Gasteiger partial charge in [-0.05, 0) is 0 Å². The summed E-state index contributed by atoms with van der Waals surface area (Å²) in [6.07, 6.45) is 7.23. The number of hydrogen-bond acceptors (Lipinski definition) is 1. The van der Waals surface area contributed by atoms with Crippen molar-refractivity contribution in [2.24, 2.45) is 0 Å². The van der Waals surface area contributed by atoms with Gasteiger partial charge in [-0.3, -0.25) is 0 Å². The van der Waals surface area contributed by atoms with E-state index in [1.54, 1.807) is 5.56 Å². The summed E-state index contributed by atoms with van der Waals surface area (Å²) in [6, 6.07) is 7.11. The molecule has 1 aliphatic carbocycles. The van der Waals surface area contributed by atoms with Gasteiger partial charge < -0.3 is 0 Å². The molecule has 0 amide bonds. The third-order valence-electron chi connectivity index (χ3n) is 3.85. The van der Waals surface area contributed by atoms with E-state index >= 15 is 0 Å². The molecule has 1 aliphatic rings. The van der Waals surface area contributed by atoms with E-state index in [1.807, 2.05) is 0 Å². The quantitative estimate of drug-likeness (QED) is 0.699. The Labute approximate surface area is 126 Å². The molecule has 0 saturated carbocycles. The van der Waals surface area contributed by atoms with Crippen LogP contribution >= 0.6 is 0 Å². The monoisotopic (exact) mass is 334 g/mol. The van der Waals surface area contributed by atoms with Crippen LogP contribution < -0.4 is 4.90 Å². The van der Waals surface area contributed by atoms with Crippen LogP contribution in [-0.2, 0) is 21.8 Å². The van der Waals surface area contributed by atoms with Crippen molar-refractivity contribution in [2.45, 2.75) is 39.6 Å². The Hall–Kier alpha value is -0.357. The van der Waals surface area contributed by atoms with E-state index in [4.69, 9.17) is 0 Å². The summed E-state index contributed by atoms with van der Waals surface area (Å²) in [6.45, 7) is 6.89. The minimum atomic E-state index is -1.20. The van der Waals surface area contributed by atoms with Crippen molar-refractivity contribution in [3.63, 3.8) is 0 Å². The van der Waals surface area contributed by atoms with Gasteiger partial charge in [0.1, 0.15) is 0 Å². The summed E-state index contributed by atoms with van der Waals surface area (Å²) in [4.78, 5) is 2.55. The number of nitrogens with zero attached hydrogens (tertiary/aromatic N) is 1. The van der Waals surface area contributed by atoms with Gasteiger partial charge in [-0.1, -0.05) is 0 Å². The van der Waals surface area contributed by atoms with Crippen LogP contribution in [0.3, 0.4) is 0 Å². The number of rotatable bonds is 6. The van der Waals surface area contributed by atoms with Gasteiger partial charge in [-0.15, -0.1) is 0 Å². The Morgan fingerprint density at radius 1 is 1.11 bits per heavy atom. The van der Waals surface area contributed by atoms with Crippen molar-refractivity contribution in [2.75, 3.05) is 18.0 Å². The summed E-state index contributed by atoms with van der Waals surface area (Å²) in [5.41, 5.74) is 4.50. The average Bonchev–Trinajstić information content (AvgIpc) is 2.81. The topological polar surface area (TPSA) is 3.24 Å². The van der Waals surface area contributed by atoms with Gasteiger partial charge in [0.05, 0.1) is 0 Å². The Morgan fingerprint density at radius 2 is 1.79 bits per heavy atom. The van der Waals surface area contributed by atoms with E-state index in [2.05, 4.69) is 58.4 Å². The van der Waals surface area contributed by atoms with Crippen LogP contribution in [0.1, 0.15) is 41.4 Å². The molecule has 19 heavy (non-hydrogen) atoms. The number of allylic oxidation sites excluding steroid dienone is 1. The molecule has 0 radical (unpaired) electrons. The molecule has 0 heterocycles. The molecule has 2 rings (SSSR count). The molecule has 0 spiro atoms. The zero-order valence-corrected chi connectivity index (χ0v) is 15.2. The molecule has 2 heteroatoms. The number of benzene rings is 1. The SMILES string of the molecule is CCCN(CCC)c1ccc2c(c1)[CH]([Zr]([CH3])[CH3])C=C2. The zero-order chi connectivity index (χ0) is 13.8. The van der Waals surface area contributed by atoms with Crippen LogP contribution in [0.4, 0.5) is 5.69 Å². The minimum absolute atomic E-state index is 0.794. The first-order valence-electron chi connectivity index (χ1n) is 7.54. The second-order valence-electron chi connectivity index (χ2n) is 5.71. The van der Waals surface area contributed by atoms with Crippen LogP contribution in [0.5, 0.6) is 0 Å². The van der Waals surface area contributed by atoms with Crippen LogP contribution in [0.25, 0.3) is 6.08 Å². The van der Waals surface area contributed by atoms with Gasteiger partial charge in [0, 0.05) is 0 Å². The van der Waals surface area contributed by atoms with Crippen LogP contribution in [0.2, 0.25) is 9.26 Å². The fraction of sp³-hybridized carbons (Fsp3) is 0.529. The molecule has 1 atom stereocenters. The summed E-state index contributed by atoms with van der Waals surface area (Å²) in [7, 11) is 0. The summed E-state index contributed by atoms with van der Waals surface area (Å²) in [5.74, 6) is 0. The predicted octanol–water partition coefficient (Wildman–Crippen LogP) is 5.10. The first kappa shape index (κ1) is 15.0. The molecule has 0 fully saturated rings. The normalized spacial score (nSPS) is 16.5. The molecule has 0 N–H and O–H groups in total. The van der Waals surface area contributed by atoms with Gasteiger partial charge in [0.15, 0.2) is 0 Å². The molecule has 1 aromatic rings. The Kier molecular flexibility index (Phi) is 5.45. The molecule has 0 bridgehead atoms. The van der Waals surface area contributed by atoms with E-state index in [1.165, 1.54) is 37.2 Å². The second kappa shape index (κ2) is 6.88. The van der Waals surface area contributed by atoms with Gasteiger partial charge in [-0.25, -0.2) is 0 Å². The molecule has 0 aromatic heterocycles. The zero-order valence-electron chi connectivity index (χ0n) is 12.7. The molecular formula is C17H26NZr. The molecule has 1 aromatic carbocycles. The van der Waals surface area contributed by atoms with Crippen molar-refractivity contribution >= 4 is 11.8 Å². The first-order valence-corrected chi connectivity index (χ1v) is 13.9. The van der Waals surface area contributed by atoms with Crippen molar-refractivity contribution in [1.82, 2.24) is 0 Å². The first-order chi connectivity index (χ1) is 9.17. The van der Waals surface area contributed by atoms with Crippen molar-refractivity contribution in [1.29, 1.82) is 0 Å². The standard InChI is InChI=1S/C15H20N.2CH3.Zr/c1-3-10-16(11-4-2)15-9-8-13-6-5-7-14(13)12-15;;;/h5-9,12H,3-4,10-11H2,1-2H3;2*1H3;. The summed E-state index contributed by atoms with van der Waals surface area (Å²) < 4.78 is 5.81. The van der Waals surface area contributed by atoms with Gasteiger partial charge in [-0.2, -0.15) is 0 Å². The molecule has 0 aliphatic heterocycles. The Balaban J connectivity index is 2.27. The molecule has 0 saturated heterocycles. The summed E-state index contributed by atoms with van der Waals surface area (Å²) >= 11 is -1.20. The second-order valence-corrected chi connectivity index (χ2v) is 12.5. The Morgan fingerprint density at radius 3 is 2.37 bits per heavy atom. The fourth-order valence-electron chi connectivity index (χ4n) is 2.90. The molecule has 1 unspecified atom stereocenters. The van der Waals surface area contributed by atoms with Gasteiger partial charge in [0.2, 0.25) is 0 Å². The van der Waals surface area contributed by atoms with Crippen molar-refractivity contribution < 1.29 is 21.8 Å². The van der Waals surface area contributed by atoms with Crippen molar-refractivity contribution in [3.8, 4) is 0 Å². The van der Waals surface area contributed by atoms with E-state index in [9.17, 15) is 0 Å². The van der Waals surface area contributed by atoms with E-state index in [0.29, 0.717) is 0 Å². The van der Waals surface area contributed by atoms with Crippen molar-refractivity contribution in [3.05, 3.63) is 35.4 Å². The molecule has 103 valence electrons. The van der Waals surface area contributed by atoms with E-state index in [0.717, 1.165) is 3.63 Å².